The molecule has 0 bridgehead atoms. The first-order valence-electron chi connectivity index (χ1n) is 7.31. The van der Waals surface area contributed by atoms with E-state index in [0.29, 0.717) is 11.8 Å². The van der Waals surface area contributed by atoms with E-state index in [1.54, 1.807) is 0 Å². The molecule has 2 N–H and O–H groups in total. The molecule has 1 saturated heterocycles. The van der Waals surface area contributed by atoms with Crippen molar-refractivity contribution in [2.45, 2.75) is 45.1 Å². The van der Waals surface area contributed by atoms with Gasteiger partial charge in [-0.3, -0.25) is 9.88 Å². The maximum absolute atomic E-state index is 11.1. The molecule has 0 spiro atoms. The van der Waals surface area contributed by atoms with Crippen molar-refractivity contribution in [2.75, 3.05) is 13.1 Å². The van der Waals surface area contributed by atoms with Gasteiger partial charge in [0.15, 0.2) is 0 Å². The quantitative estimate of drug-likeness (QED) is 0.892. The summed E-state index contributed by atoms with van der Waals surface area (Å²) < 4.78 is 4.40. The van der Waals surface area contributed by atoms with Crippen LogP contribution in [0.4, 0.5) is 0 Å². The third kappa shape index (κ3) is 3.38. The molecule has 8 heteroatoms. The molecule has 7 nitrogen and oxygen atoms in total. The third-order valence-corrected chi connectivity index (χ3v) is 4.56. The normalized spacial score (nSPS) is 17.7. The molecule has 114 valence electrons. The Morgan fingerprint density at radius 1 is 1.38 bits per heavy atom. The summed E-state index contributed by atoms with van der Waals surface area (Å²) in [5.41, 5.74) is -0.220. The Morgan fingerprint density at radius 3 is 2.71 bits per heavy atom. The second kappa shape index (κ2) is 6.07. The Balaban J connectivity index is 1.54. The van der Waals surface area contributed by atoms with E-state index < -0.39 is 0 Å². The Bertz CT molecular complexity index is 637. The van der Waals surface area contributed by atoms with Gasteiger partial charge in [0.05, 0.1) is 6.54 Å². The highest BCUT2D eigenvalue weighted by Gasteiger charge is 2.23. The average molecular weight is 308 g/mol. The summed E-state index contributed by atoms with van der Waals surface area (Å²) in [5, 5.41) is 7.57. The maximum atomic E-state index is 11.1. The highest BCUT2D eigenvalue weighted by Crippen LogP contribution is 2.26. The summed E-state index contributed by atoms with van der Waals surface area (Å²) in [6, 6.07) is 0. The van der Waals surface area contributed by atoms with E-state index in [0.717, 1.165) is 49.1 Å². The molecular formula is C13H20N6OS. The van der Waals surface area contributed by atoms with Crippen LogP contribution >= 0.6 is 11.5 Å². The van der Waals surface area contributed by atoms with E-state index in [1.807, 2.05) is 0 Å². The number of aromatic nitrogens is 5. The number of hydrogen-bond acceptors (Lipinski definition) is 6. The van der Waals surface area contributed by atoms with E-state index in [1.165, 1.54) is 11.5 Å². The van der Waals surface area contributed by atoms with E-state index >= 15 is 0 Å². The zero-order valence-corrected chi connectivity index (χ0v) is 13.1. The van der Waals surface area contributed by atoms with Crippen LogP contribution in [0.3, 0.4) is 0 Å². The number of nitrogens with zero attached hydrogens (tertiary/aromatic N) is 4. The first-order valence-corrected chi connectivity index (χ1v) is 8.08. The smallest absolute Gasteiger partial charge is 0.297 e. The molecular weight excluding hydrogens is 288 g/mol. The molecule has 3 heterocycles. The summed E-state index contributed by atoms with van der Waals surface area (Å²) in [6.45, 7) is 7.09. The van der Waals surface area contributed by atoms with Gasteiger partial charge in [-0.05, 0) is 37.5 Å². The molecule has 0 unspecified atom stereocenters. The second-order valence-corrected chi connectivity index (χ2v) is 6.65. The van der Waals surface area contributed by atoms with Crippen molar-refractivity contribution in [1.82, 2.24) is 29.4 Å². The lowest BCUT2D eigenvalue weighted by molar-refractivity contribution is 0.201. The SMILES string of the molecule is CC(C)c1nsc(CN2CCC(c3n[nH]c(=O)[nH]3)CC2)n1. The first kappa shape index (κ1) is 14.4. The zero-order chi connectivity index (χ0) is 14.8. The maximum Gasteiger partial charge on any atom is 0.340 e. The average Bonchev–Trinajstić information content (AvgIpc) is 3.09. The zero-order valence-electron chi connectivity index (χ0n) is 12.3. The van der Waals surface area contributed by atoms with Crippen LogP contribution in [0.25, 0.3) is 0 Å². The van der Waals surface area contributed by atoms with Gasteiger partial charge in [-0.25, -0.2) is 14.9 Å². The molecule has 1 fully saturated rings. The van der Waals surface area contributed by atoms with Crippen LogP contribution in [0.1, 0.15) is 55.2 Å². The Morgan fingerprint density at radius 2 is 2.14 bits per heavy atom. The lowest BCUT2D eigenvalue weighted by atomic mass is 9.96. The first-order chi connectivity index (χ1) is 10.1. The Kier molecular flexibility index (Phi) is 4.16. The van der Waals surface area contributed by atoms with Crippen LogP contribution in [0, 0.1) is 0 Å². The van der Waals surface area contributed by atoms with Crippen LogP contribution in [-0.2, 0) is 6.54 Å². The molecule has 3 rings (SSSR count). The fourth-order valence-corrected chi connectivity index (χ4v) is 3.42. The van der Waals surface area contributed by atoms with Crippen molar-refractivity contribution in [1.29, 1.82) is 0 Å². The summed E-state index contributed by atoms with van der Waals surface area (Å²) in [5.74, 6) is 2.47. The van der Waals surface area contributed by atoms with Crippen LogP contribution in [0.2, 0.25) is 0 Å². The molecule has 0 amide bonds. The van der Waals surface area contributed by atoms with Crippen LogP contribution in [-0.4, -0.2) is 42.5 Å². The Labute approximate surface area is 127 Å². The second-order valence-electron chi connectivity index (χ2n) is 5.81. The predicted octanol–water partition coefficient (Wildman–Crippen LogP) is 1.45. The van der Waals surface area contributed by atoms with Crippen molar-refractivity contribution in [3.05, 3.63) is 27.1 Å². The molecule has 2 aromatic rings. The molecule has 0 aliphatic carbocycles. The van der Waals surface area contributed by atoms with Crippen molar-refractivity contribution >= 4 is 11.5 Å². The van der Waals surface area contributed by atoms with Gasteiger partial charge in [-0.1, -0.05) is 13.8 Å². The van der Waals surface area contributed by atoms with E-state index in [9.17, 15) is 4.79 Å². The fourth-order valence-electron chi connectivity index (χ4n) is 2.60. The van der Waals surface area contributed by atoms with E-state index in [2.05, 4.69) is 43.3 Å². The summed E-state index contributed by atoms with van der Waals surface area (Å²) >= 11 is 1.50. The number of piperidine rings is 1. The monoisotopic (exact) mass is 308 g/mol. The largest absolute Gasteiger partial charge is 0.340 e. The topological polar surface area (TPSA) is 90.6 Å². The van der Waals surface area contributed by atoms with Crippen molar-refractivity contribution in [3.63, 3.8) is 0 Å². The van der Waals surface area contributed by atoms with E-state index in [-0.39, 0.29) is 5.69 Å². The minimum Gasteiger partial charge on any atom is -0.297 e. The third-order valence-electron chi connectivity index (χ3n) is 3.85. The molecule has 0 saturated carbocycles. The van der Waals surface area contributed by atoms with Gasteiger partial charge in [0.2, 0.25) is 0 Å². The molecule has 0 atom stereocenters. The van der Waals surface area contributed by atoms with Gasteiger partial charge in [0.1, 0.15) is 16.7 Å². The fraction of sp³-hybridized carbons (Fsp3) is 0.692. The Hall–Kier alpha value is -1.54. The molecule has 21 heavy (non-hydrogen) atoms. The highest BCUT2D eigenvalue weighted by atomic mass is 32.1. The molecule has 1 aliphatic rings. The van der Waals surface area contributed by atoms with Crippen molar-refractivity contribution in [3.8, 4) is 0 Å². The lowest BCUT2D eigenvalue weighted by Gasteiger charge is -2.29. The molecule has 2 aromatic heterocycles. The van der Waals surface area contributed by atoms with Gasteiger partial charge in [0, 0.05) is 11.8 Å². The van der Waals surface area contributed by atoms with Gasteiger partial charge in [0.25, 0.3) is 0 Å². The summed E-state index contributed by atoms with van der Waals surface area (Å²) in [4.78, 5) is 20.8. The predicted molar refractivity (Wildman–Crippen MR) is 80.5 cm³/mol. The van der Waals surface area contributed by atoms with Crippen LogP contribution in [0.5, 0.6) is 0 Å². The molecule has 0 aromatic carbocycles. The van der Waals surface area contributed by atoms with Gasteiger partial charge < -0.3 is 0 Å². The number of H-pyrrole nitrogens is 2. The van der Waals surface area contributed by atoms with Crippen molar-refractivity contribution < 1.29 is 0 Å². The molecule has 1 aliphatic heterocycles. The van der Waals surface area contributed by atoms with Crippen LogP contribution in [0.15, 0.2) is 4.79 Å². The lowest BCUT2D eigenvalue weighted by Crippen LogP contribution is -2.32. The number of hydrogen-bond donors (Lipinski definition) is 2. The van der Waals surface area contributed by atoms with E-state index in [4.69, 9.17) is 0 Å². The molecule has 0 radical (unpaired) electrons. The van der Waals surface area contributed by atoms with Crippen LogP contribution < -0.4 is 5.69 Å². The summed E-state index contributed by atoms with van der Waals surface area (Å²) in [6.07, 6.45) is 2.02. The summed E-state index contributed by atoms with van der Waals surface area (Å²) in [7, 11) is 0. The van der Waals surface area contributed by atoms with Gasteiger partial charge >= 0.3 is 5.69 Å². The van der Waals surface area contributed by atoms with Crippen molar-refractivity contribution in [2.24, 2.45) is 0 Å². The number of likely N-dealkylation sites (tertiary alicyclic amines) is 1. The minimum absolute atomic E-state index is 0.220. The number of aromatic amines is 2. The van der Waals surface area contributed by atoms with Gasteiger partial charge in [-0.15, -0.1) is 0 Å². The number of rotatable bonds is 4. The van der Waals surface area contributed by atoms with Gasteiger partial charge in [-0.2, -0.15) is 9.47 Å². The highest BCUT2D eigenvalue weighted by molar-refractivity contribution is 7.05. The number of nitrogens with one attached hydrogen (secondary N) is 2. The standard InChI is InChI=1S/C13H20N6OS/c1-8(2)11-14-10(21-18-11)7-19-5-3-9(4-6-19)12-15-13(20)17-16-12/h8-9H,3-7H2,1-2H3,(H2,15,16,17,20). The minimum atomic E-state index is -0.220.